The molecule has 2 N–H and O–H groups in total. The van der Waals surface area contributed by atoms with Gasteiger partial charge in [-0.25, -0.2) is 13.8 Å². The molecule has 104 valence electrons. The summed E-state index contributed by atoms with van der Waals surface area (Å²) in [6.45, 7) is 1.71. The van der Waals surface area contributed by atoms with Crippen molar-refractivity contribution in [1.29, 1.82) is 0 Å². The number of nitro groups is 1. The van der Waals surface area contributed by atoms with Gasteiger partial charge in [0.25, 0.3) is 12.1 Å². The first-order valence-corrected chi connectivity index (χ1v) is 5.24. The fraction of sp³-hybridized carbons (Fsp3) is 0.400. The summed E-state index contributed by atoms with van der Waals surface area (Å²) in [5.41, 5.74) is 3.49. The average Bonchev–Trinajstić information content (AvgIpc) is 2.31. The van der Waals surface area contributed by atoms with Crippen LogP contribution < -0.4 is 5.73 Å². The third-order valence-corrected chi connectivity index (χ3v) is 2.19. The van der Waals surface area contributed by atoms with E-state index in [1.54, 1.807) is 6.92 Å². The summed E-state index contributed by atoms with van der Waals surface area (Å²) in [4.78, 5) is 24.2. The zero-order valence-electron chi connectivity index (χ0n) is 9.93. The first-order valence-electron chi connectivity index (χ1n) is 5.24. The average molecular weight is 275 g/mol. The number of carbonyl (C=O) groups is 1. The number of hydrogen-bond acceptors (Lipinski definition) is 6. The smallest absolute Gasteiger partial charge is 0.310 e. The number of alkyl halides is 2. The molecule has 1 rings (SSSR count). The van der Waals surface area contributed by atoms with Crippen molar-refractivity contribution >= 4 is 17.5 Å². The lowest BCUT2D eigenvalue weighted by molar-refractivity contribution is -0.386. The summed E-state index contributed by atoms with van der Waals surface area (Å²) in [6, 6.07) is 0.820. The number of hydrogen-bond donors (Lipinski definition) is 1. The highest BCUT2D eigenvalue weighted by molar-refractivity contribution is 5.74. The Morgan fingerprint density at radius 3 is 2.74 bits per heavy atom. The van der Waals surface area contributed by atoms with E-state index in [-0.39, 0.29) is 24.4 Å². The van der Waals surface area contributed by atoms with Crippen molar-refractivity contribution in [3.63, 3.8) is 0 Å². The number of pyridine rings is 1. The van der Waals surface area contributed by atoms with Gasteiger partial charge in [-0.1, -0.05) is 0 Å². The van der Waals surface area contributed by atoms with Crippen molar-refractivity contribution < 1.29 is 23.2 Å². The van der Waals surface area contributed by atoms with Gasteiger partial charge in [-0.3, -0.25) is 14.9 Å². The number of ether oxygens (including phenoxy) is 1. The highest BCUT2D eigenvalue weighted by atomic mass is 19.3. The maximum Gasteiger partial charge on any atom is 0.310 e. The van der Waals surface area contributed by atoms with E-state index in [0.717, 1.165) is 6.07 Å². The van der Waals surface area contributed by atoms with Gasteiger partial charge < -0.3 is 10.5 Å². The quantitative estimate of drug-likeness (QED) is 0.497. The second-order valence-corrected chi connectivity index (χ2v) is 3.48. The molecule has 0 bridgehead atoms. The molecule has 0 atom stereocenters. The minimum Gasteiger partial charge on any atom is -0.466 e. The molecule has 0 saturated carbocycles. The second-order valence-electron chi connectivity index (χ2n) is 3.48. The van der Waals surface area contributed by atoms with E-state index < -0.39 is 28.7 Å². The van der Waals surface area contributed by atoms with Crippen molar-refractivity contribution in [2.24, 2.45) is 0 Å². The maximum atomic E-state index is 12.6. The minimum atomic E-state index is -3.13. The molecule has 1 heterocycles. The Morgan fingerprint density at radius 2 is 2.26 bits per heavy atom. The van der Waals surface area contributed by atoms with Gasteiger partial charge in [0.05, 0.1) is 18.0 Å². The number of nitrogen functional groups attached to an aromatic ring is 1. The molecular formula is C10H11F2N3O4. The molecule has 0 aliphatic rings. The minimum absolute atomic E-state index is 0.0189. The summed E-state index contributed by atoms with van der Waals surface area (Å²) in [6.07, 6.45) is -3.49. The van der Waals surface area contributed by atoms with Gasteiger partial charge in [-0.2, -0.15) is 0 Å². The number of esters is 1. The van der Waals surface area contributed by atoms with Crippen LogP contribution in [0.2, 0.25) is 0 Å². The second kappa shape index (κ2) is 6.03. The topological polar surface area (TPSA) is 108 Å². The van der Waals surface area contributed by atoms with Crippen molar-refractivity contribution in [2.45, 2.75) is 19.8 Å². The van der Waals surface area contributed by atoms with Crippen LogP contribution in [0.1, 0.15) is 24.6 Å². The molecule has 0 saturated heterocycles. The summed E-state index contributed by atoms with van der Waals surface area (Å²) in [5, 5.41) is 10.7. The van der Waals surface area contributed by atoms with E-state index in [1.807, 2.05) is 0 Å². The maximum absolute atomic E-state index is 12.6. The number of carbonyl (C=O) groups excluding carboxylic acids is 1. The van der Waals surface area contributed by atoms with Crippen LogP contribution >= 0.6 is 0 Å². The Kier molecular flexibility index (Phi) is 4.67. The van der Waals surface area contributed by atoms with E-state index >= 15 is 0 Å². The summed E-state index contributed by atoms with van der Waals surface area (Å²) in [7, 11) is 0. The van der Waals surface area contributed by atoms with Gasteiger partial charge in [0.1, 0.15) is 5.82 Å². The van der Waals surface area contributed by atoms with Crippen LogP contribution in [0.15, 0.2) is 6.07 Å². The number of aromatic nitrogens is 1. The van der Waals surface area contributed by atoms with Gasteiger partial charge in [0, 0.05) is 11.6 Å². The first-order chi connectivity index (χ1) is 8.86. The van der Waals surface area contributed by atoms with Crippen LogP contribution in [-0.4, -0.2) is 22.5 Å². The standard InChI is InChI=1S/C10H11F2N3O4/c1-2-19-7(16)4-5-3-6(15(17)18)8(9(11)12)14-10(5)13/h3,9H,2,4H2,1H3,(H2,13,14). The highest BCUT2D eigenvalue weighted by Gasteiger charge is 2.26. The molecule has 0 unspecified atom stereocenters. The zero-order valence-corrected chi connectivity index (χ0v) is 9.93. The van der Waals surface area contributed by atoms with Crippen LogP contribution in [0.3, 0.4) is 0 Å². The molecule has 0 fully saturated rings. The molecule has 1 aromatic heterocycles. The van der Waals surface area contributed by atoms with Crippen LogP contribution in [0.5, 0.6) is 0 Å². The van der Waals surface area contributed by atoms with Crippen LogP contribution in [0.4, 0.5) is 20.3 Å². The lowest BCUT2D eigenvalue weighted by Crippen LogP contribution is -2.12. The number of rotatable bonds is 5. The van der Waals surface area contributed by atoms with Crippen LogP contribution in [-0.2, 0) is 16.0 Å². The molecule has 0 spiro atoms. The SMILES string of the molecule is CCOC(=O)Cc1cc([N+](=O)[O-])c(C(F)F)nc1N. The van der Waals surface area contributed by atoms with E-state index in [0.29, 0.717) is 0 Å². The van der Waals surface area contributed by atoms with Crippen molar-refractivity contribution in [3.05, 3.63) is 27.4 Å². The monoisotopic (exact) mass is 275 g/mol. The Hall–Kier alpha value is -2.32. The highest BCUT2D eigenvalue weighted by Crippen LogP contribution is 2.30. The molecule has 0 aliphatic heterocycles. The van der Waals surface area contributed by atoms with Gasteiger partial charge in [-0.15, -0.1) is 0 Å². The van der Waals surface area contributed by atoms with Crippen LogP contribution in [0, 0.1) is 10.1 Å². The van der Waals surface area contributed by atoms with Crippen molar-refractivity contribution in [1.82, 2.24) is 4.98 Å². The number of anilines is 1. The normalized spacial score (nSPS) is 10.5. The van der Waals surface area contributed by atoms with E-state index in [9.17, 15) is 23.7 Å². The predicted molar refractivity (Wildman–Crippen MR) is 60.6 cm³/mol. The molecule has 7 nitrogen and oxygen atoms in total. The first kappa shape index (κ1) is 14.7. The van der Waals surface area contributed by atoms with Crippen LogP contribution in [0.25, 0.3) is 0 Å². The predicted octanol–water partition coefficient (Wildman–Crippen LogP) is 1.62. The Morgan fingerprint density at radius 1 is 1.63 bits per heavy atom. The molecule has 1 aromatic rings. The zero-order chi connectivity index (χ0) is 14.6. The van der Waals surface area contributed by atoms with Gasteiger partial charge in [-0.05, 0) is 6.92 Å². The Balaban J connectivity index is 3.17. The van der Waals surface area contributed by atoms with E-state index in [2.05, 4.69) is 9.72 Å². The molecule has 0 aromatic carbocycles. The lowest BCUT2D eigenvalue weighted by atomic mass is 10.1. The molecule has 9 heteroatoms. The third kappa shape index (κ3) is 3.57. The lowest BCUT2D eigenvalue weighted by Gasteiger charge is -2.07. The number of halogens is 2. The molecular weight excluding hydrogens is 264 g/mol. The molecule has 0 radical (unpaired) electrons. The summed E-state index contributed by atoms with van der Waals surface area (Å²) < 4.78 is 29.8. The Labute approximate surface area is 106 Å². The largest absolute Gasteiger partial charge is 0.466 e. The van der Waals surface area contributed by atoms with Gasteiger partial charge in [0.15, 0.2) is 5.69 Å². The Bertz CT molecular complexity index is 508. The molecule has 0 aliphatic carbocycles. The van der Waals surface area contributed by atoms with Crippen molar-refractivity contribution in [3.8, 4) is 0 Å². The fourth-order valence-electron chi connectivity index (χ4n) is 1.39. The van der Waals surface area contributed by atoms with E-state index in [4.69, 9.17) is 5.73 Å². The fourth-order valence-corrected chi connectivity index (χ4v) is 1.39. The summed E-state index contributed by atoms with van der Waals surface area (Å²) >= 11 is 0. The third-order valence-electron chi connectivity index (χ3n) is 2.19. The summed E-state index contributed by atoms with van der Waals surface area (Å²) in [5.74, 6) is -1.02. The van der Waals surface area contributed by atoms with Crippen molar-refractivity contribution in [2.75, 3.05) is 12.3 Å². The van der Waals surface area contributed by atoms with E-state index in [1.165, 1.54) is 0 Å². The molecule has 0 amide bonds. The van der Waals surface area contributed by atoms with Gasteiger partial charge in [0.2, 0.25) is 0 Å². The molecule has 19 heavy (non-hydrogen) atoms. The number of nitrogens with two attached hydrogens (primary N) is 1. The number of nitrogens with zero attached hydrogens (tertiary/aromatic N) is 2. The van der Waals surface area contributed by atoms with Gasteiger partial charge >= 0.3 is 5.97 Å².